The molecule has 32 heavy (non-hydrogen) atoms. The molecule has 2 atom stereocenters. The Morgan fingerprint density at radius 2 is 1.00 bits per heavy atom. The van der Waals surface area contributed by atoms with Crippen LogP contribution in [0.15, 0.2) is 60.7 Å². The first-order chi connectivity index (χ1) is 15.4. The summed E-state index contributed by atoms with van der Waals surface area (Å²) in [7, 11) is 0. The van der Waals surface area contributed by atoms with Crippen molar-refractivity contribution in [3.05, 3.63) is 60.7 Å². The van der Waals surface area contributed by atoms with Crippen LogP contribution in [0.4, 0.5) is 21.0 Å². The highest BCUT2D eigenvalue weighted by atomic mass is 16.6. The number of hydrogen-bond acceptors (Lipinski definition) is 8. The van der Waals surface area contributed by atoms with Crippen molar-refractivity contribution in [3.8, 4) is 0 Å². The lowest BCUT2D eigenvalue weighted by Crippen LogP contribution is -2.48. The van der Waals surface area contributed by atoms with Crippen molar-refractivity contribution in [1.29, 1.82) is 0 Å². The van der Waals surface area contributed by atoms with Crippen LogP contribution < -0.4 is 10.6 Å². The van der Waals surface area contributed by atoms with Crippen LogP contribution in [0, 0.1) is 0 Å². The fourth-order valence-corrected chi connectivity index (χ4v) is 2.48. The number of anilines is 2. The lowest BCUT2D eigenvalue weighted by Gasteiger charge is -2.24. The topological polar surface area (TPSA) is 129 Å². The Kier molecular flexibility index (Phi) is 9.51. The highest BCUT2D eigenvalue weighted by Crippen LogP contribution is 2.14. The Hall–Kier alpha value is -4.08. The number of carbonyl (C=O) groups excluding carboxylic acids is 4. The molecule has 0 bridgehead atoms. The van der Waals surface area contributed by atoms with E-state index in [-0.39, 0.29) is 13.2 Å². The van der Waals surface area contributed by atoms with E-state index < -0.39 is 36.3 Å². The lowest BCUT2D eigenvalue weighted by atomic mass is 10.2. The van der Waals surface area contributed by atoms with Gasteiger partial charge in [0.2, 0.25) is 12.2 Å². The summed E-state index contributed by atoms with van der Waals surface area (Å²) in [6, 6.07) is 16.6. The summed E-state index contributed by atoms with van der Waals surface area (Å²) in [6.07, 6.45) is -5.93. The van der Waals surface area contributed by atoms with Crippen molar-refractivity contribution in [2.24, 2.45) is 0 Å². The van der Waals surface area contributed by atoms with E-state index in [0.717, 1.165) is 0 Å². The van der Waals surface area contributed by atoms with Crippen molar-refractivity contribution < 1.29 is 38.1 Å². The Morgan fingerprint density at radius 3 is 1.31 bits per heavy atom. The summed E-state index contributed by atoms with van der Waals surface area (Å²) < 4.78 is 20.0. The van der Waals surface area contributed by atoms with Gasteiger partial charge in [-0.15, -0.1) is 0 Å². The third kappa shape index (κ3) is 7.63. The quantitative estimate of drug-likeness (QED) is 0.445. The highest BCUT2D eigenvalue weighted by molar-refractivity contribution is 5.93. The maximum Gasteiger partial charge on any atom is 0.412 e. The lowest BCUT2D eigenvalue weighted by molar-refractivity contribution is -0.172. The van der Waals surface area contributed by atoms with Gasteiger partial charge < -0.3 is 18.9 Å². The summed E-state index contributed by atoms with van der Waals surface area (Å²) in [6.45, 7) is 2.93. The second kappa shape index (κ2) is 12.6. The van der Waals surface area contributed by atoms with E-state index in [2.05, 4.69) is 10.6 Å². The maximum absolute atomic E-state index is 12.5. The predicted octanol–water partition coefficient (Wildman–Crippen LogP) is 3.35. The first kappa shape index (κ1) is 24.2. The van der Waals surface area contributed by atoms with E-state index in [4.69, 9.17) is 18.9 Å². The van der Waals surface area contributed by atoms with Crippen LogP contribution >= 0.6 is 0 Å². The largest absolute Gasteiger partial charge is 0.463 e. The van der Waals surface area contributed by atoms with Gasteiger partial charge in [0.15, 0.2) is 0 Å². The van der Waals surface area contributed by atoms with E-state index in [1.807, 2.05) is 0 Å². The van der Waals surface area contributed by atoms with Crippen molar-refractivity contribution in [3.63, 3.8) is 0 Å². The van der Waals surface area contributed by atoms with E-state index in [9.17, 15) is 19.2 Å². The molecule has 0 unspecified atom stereocenters. The first-order valence-corrected chi connectivity index (χ1v) is 9.83. The molecule has 2 amide bonds. The molecule has 10 heteroatoms. The molecule has 0 fully saturated rings. The summed E-state index contributed by atoms with van der Waals surface area (Å²) in [4.78, 5) is 49.6. The zero-order valence-corrected chi connectivity index (χ0v) is 17.6. The molecule has 0 spiro atoms. The molecular formula is C22H24N2O8. The Morgan fingerprint density at radius 1 is 0.656 bits per heavy atom. The molecule has 10 nitrogen and oxygen atoms in total. The summed E-state index contributed by atoms with van der Waals surface area (Å²) in [5.41, 5.74) is 0.770. The van der Waals surface area contributed by atoms with E-state index >= 15 is 0 Å². The molecule has 0 radical (unpaired) electrons. The maximum atomic E-state index is 12.5. The third-order valence-electron chi connectivity index (χ3n) is 3.82. The minimum Gasteiger partial charge on any atom is -0.463 e. The Labute approximate surface area is 184 Å². The summed E-state index contributed by atoms with van der Waals surface area (Å²) in [5, 5.41) is 4.82. The minimum atomic E-state index is -1.90. The number of amides is 2. The second-order valence-corrected chi connectivity index (χ2v) is 6.14. The summed E-state index contributed by atoms with van der Waals surface area (Å²) in [5.74, 6) is -2.16. The van der Waals surface area contributed by atoms with Gasteiger partial charge in [0.1, 0.15) is 0 Å². The molecular weight excluding hydrogens is 420 g/mol. The number of nitrogens with one attached hydrogen (secondary N) is 2. The minimum absolute atomic E-state index is 0.0647. The van der Waals surface area contributed by atoms with E-state index in [0.29, 0.717) is 11.4 Å². The molecule has 2 rings (SSSR count). The smallest absolute Gasteiger partial charge is 0.412 e. The monoisotopic (exact) mass is 444 g/mol. The number of para-hydroxylation sites is 2. The molecule has 0 aliphatic heterocycles. The van der Waals surface area contributed by atoms with Crippen LogP contribution in [-0.2, 0) is 28.5 Å². The van der Waals surface area contributed by atoms with Crippen LogP contribution in [0.2, 0.25) is 0 Å². The average molecular weight is 444 g/mol. The van der Waals surface area contributed by atoms with Crippen LogP contribution in [0.1, 0.15) is 13.8 Å². The van der Waals surface area contributed by atoms with Crippen LogP contribution in [0.3, 0.4) is 0 Å². The standard InChI is InChI=1S/C22H24N2O8/c1-3-29-19(25)17(31-21(27)23-15-11-7-5-8-12-15)18(20(26)30-4-2)32-22(28)24-16-13-9-6-10-14-16/h5-14,17-18H,3-4H2,1-2H3,(H,23,27)(H,24,28)/t17-,18-/m1/s1. The second-order valence-electron chi connectivity index (χ2n) is 6.14. The number of ether oxygens (including phenoxy) is 4. The van der Waals surface area contributed by atoms with Crippen LogP contribution in [0.5, 0.6) is 0 Å². The fourth-order valence-electron chi connectivity index (χ4n) is 2.48. The Bertz CT molecular complexity index is 829. The van der Waals surface area contributed by atoms with Gasteiger partial charge in [0, 0.05) is 11.4 Å². The van der Waals surface area contributed by atoms with Crippen molar-refractivity contribution in [2.45, 2.75) is 26.1 Å². The molecule has 0 heterocycles. The number of benzene rings is 2. The molecule has 2 N–H and O–H groups in total. The SMILES string of the molecule is CCOC(=O)[C@H](OC(=O)Nc1ccccc1)[C@@H](OC(=O)Nc1ccccc1)C(=O)OCC. The number of rotatable bonds is 9. The van der Waals surface area contributed by atoms with Gasteiger partial charge in [0.05, 0.1) is 13.2 Å². The molecule has 0 aliphatic carbocycles. The molecule has 2 aromatic rings. The van der Waals surface area contributed by atoms with Crippen LogP contribution in [0.25, 0.3) is 0 Å². The van der Waals surface area contributed by atoms with Gasteiger partial charge in [-0.05, 0) is 38.1 Å². The molecule has 0 aromatic heterocycles. The van der Waals surface area contributed by atoms with Gasteiger partial charge in [-0.2, -0.15) is 0 Å². The number of carbonyl (C=O) groups is 4. The molecule has 0 aliphatic rings. The molecule has 0 saturated carbocycles. The number of esters is 2. The number of hydrogen-bond donors (Lipinski definition) is 2. The van der Waals surface area contributed by atoms with Gasteiger partial charge >= 0.3 is 24.1 Å². The van der Waals surface area contributed by atoms with Gasteiger partial charge in [-0.3, -0.25) is 10.6 Å². The zero-order valence-electron chi connectivity index (χ0n) is 17.6. The average Bonchev–Trinajstić information content (AvgIpc) is 2.77. The fraction of sp³-hybridized carbons (Fsp3) is 0.273. The van der Waals surface area contributed by atoms with Gasteiger partial charge in [0.25, 0.3) is 0 Å². The predicted molar refractivity (Wildman–Crippen MR) is 114 cm³/mol. The first-order valence-electron chi connectivity index (χ1n) is 9.83. The highest BCUT2D eigenvalue weighted by Gasteiger charge is 2.42. The van der Waals surface area contributed by atoms with Crippen molar-refractivity contribution in [2.75, 3.05) is 23.8 Å². The molecule has 170 valence electrons. The van der Waals surface area contributed by atoms with E-state index in [1.54, 1.807) is 60.7 Å². The van der Waals surface area contributed by atoms with Gasteiger partial charge in [-0.1, -0.05) is 36.4 Å². The van der Waals surface area contributed by atoms with Crippen LogP contribution in [-0.4, -0.2) is 49.5 Å². The Balaban J connectivity index is 2.21. The summed E-state index contributed by atoms with van der Waals surface area (Å²) >= 11 is 0. The molecule has 2 aromatic carbocycles. The van der Waals surface area contributed by atoms with Crippen molar-refractivity contribution in [1.82, 2.24) is 0 Å². The van der Waals surface area contributed by atoms with Gasteiger partial charge in [-0.25, -0.2) is 19.2 Å². The van der Waals surface area contributed by atoms with E-state index in [1.165, 1.54) is 13.8 Å². The zero-order chi connectivity index (χ0) is 23.3. The van der Waals surface area contributed by atoms with Crippen molar-refractivity contribution >= 4 is 35.5 Å². The molecule has 0 saturated heterocycles. The third-order valence-corrected chi connectivity index (χ3v) is 3.82. The normalized spacial score (nSPS) is 11.9.